The Morgan fingerprint density at radius 2 is 0.556 bits per heavy atom. The summed E-state index contributed by atoms with van der Waals surface area (Å²) in [6.45, 7) is 4.57. The average Bonchev–Trinajstić information content (AvgIpc) is 2.91. The van der Waals surface area contributed by atoms with Gasteiger partial charge in [0, 0.05) is 0 Å². The lowest BCUT2D eigenvalue weighted by Gasteiger charge is -2.08. The first-order valence-electron chi connectivity index (χ1n) is 15.0. The van der Waals surface area contributed by atoms with Crippen molar-refractivity contribution in [1.29, 1.82) is 0 Å². The highest BCUT2D eigenvalue weighted by atomic mass is 14.1. The SMILES string of the molecule is CCCCCCCCc1ccc(Cc2ccc(Cc3ccc(CCCCCCCC)cc3)cc2)cc1. The van der Waals surface area contributed by atoms with Gasteiger partial charge in [-0.05, 0) is 71.9 Å². The summed E-state index contributed by atoms with van der Waals surface area (Å²) in [4.78, 5) is 0. The van der Waals surface area contributed by atoms with Crippen LogP contribution in [0, 0.1) is 0 Å². The largest absolute Gasteiger partial charge is 0.0654 e. The summed E-state index contributed by atoms with van der Waals surface area (Å²) in [6, 6.07) is 27.9. The van der Waals surface area contributed by atoms with Crippen molar-refractivity contribution in [3.63, 3.8) is 0 Å². The van der Waals surface area contributed by atoms with Crippen LogP contribution in [0.1, 0.15) is 124 Å². The molecule has 0 nitrogen and oxygen atoms in total. The zero-order valence-electron chi connectivity index (χ0n) is 23.2. The lowest BCUT2D eigenvalue weighted by Crippen LogP contribution is -1.93. The third-order valence-corrected chi connectivity index (χ3v) is 7.52. The molecule has 0 heterocycles. The standard InChI is InChI=1S/C36H50/c1-3-5-7-9-11-13-15-31-17-21-33(22-18-31)29-35-25-27-36(28-26-35)30-34-23-19-32(20-24-34)16-14-12-10-8-6-4-2/h17-28H,3-16,29-30H2,1-2H3. The third-order valence-electron chi connectivity index (χ3n) is 7.52. The second-order valence-corrected chi connectivity index (χ2v) is 10.8. The van der Waals surface area contributed by atoms with Crippen LogP contribution >= 0.6 is 0 Å². The molecule has 0 bridgehead atoms. The molecule has 3 aromatic rings. The molecule has 0 heteroatoms. The van der Waals surface area contributed by atoms with Crippen molar-refractivity contribution in [3.05, 3.63) is 106 Å². The number of rotatable bonds is 18. The Labute approximate surface area is 222 Å². The van der Waals surface area contributed by atoms with E-state index in [-0.39, 0.29) is 0 Å². The van der Waals surface area contributed by atoms with E-state index in [0.29, 0.717) is 0 Å². The topological polar surface area (TPSA) is 0 Å². The van der Waals surface area contributed by atoms with Crippen molar-refractivity contribution in [3.8, 4) is 0 Å². The van der Waals surface area contributed by atoms with Gasteiger partial charge in [-0.25, -0.2) is 0 Å². The molecule has 0 unspecified atom stereocenters. The highest BCUT2D eigenvalue weighted by Crippen LogP contribution is 2.17. The summed E-state index contributed by atoms with van der Waals surface area (Å²) in [5, 5.41) is 0. The summed E-state index contributed by atoms with van der Waals surface area (Å²) in [6.07, 6.45) is 20.9. The number of unbranched alkanes of at least 4 members (excludes halogenated alkanes) is 10. The van der Waals surface area contributed by atoms with E-state index in [1.807, 2.05) is 0 Å². The molecule has 0 N–H and O–H groups in total. The quantitative estimate of drug-likeness (QED) is 0.158. The van der Waals surface area contributed by atoms with Crippen molar-refractivity contribution in [2.75, 3.05) is 0 Å². The van der Waals surface area contributed by atoms with Crippen molar-refractivity contribution >= 4 is 0 Å². The van der Waals surface area contributed by atoms with Gasteiger partial charge in [0.15, 0.2) is 0 Å². The van der Waals surface area contributed by atoms with Gasteiger partial charge in [0.2, 0.25) is 0 Å². The molecule has 3 rings (SSSR count). The first-order chi connectivity index (χ1) is 17.8. The Bertz CT molecular complexity index is 850. The molecule has 0 aliphatic rings. The van der Waals surface area contributed by atoms with Gasteiger partial charge in [0.25, 0.3) is 0 Å². The highest BCUT2D eigenvalue weighted by Gasteiger charge is 2.02. The monoisotopic (exact) mass is 482 g/mol. The normalized spacial score (nSPS) is 11.2. The minimum Gasteiger partial charge on any atom is -0.0654 e. The van der Waals surface area contributed by atoms with Crippen LogP contribution in [0.2, 0.25) is 0 Å². The first-order valence-corrected chi connectivity index (χ1v) is 15.0. The van der Waals surface area contributed by atoms with Crippen LogP contribution in [-0.2, 0) is 25.7 Å². The van der Waals surface area contributed by atoms with Crippen molar-refractivity contribution < 1.29 is 0 Å². The fourth-order valence-corrected chi connectivity index (χ4v) is 5.11. The molecule has 0 saturated carbocycles. The summed E-state index contributed by atoms with van der Waals surface area (Å²) in [5.74, 6) is 0. The smallest absolute Gasteiger partial charge is 0.00258 e. The van der Waals surface area contributed by atoms with Gasteiger partial charge >= 0.3 is 0 Å². The average molecular weight is 483 g/mol. The fourth-order valence-electron chi connectivity index (χ4n) is 5.11. The maximum absolute atomic E-state index is 2.34. The summed E-state index contributed by atoms with van der Waals surface area (Å²) >= 11 is 0. The molecule has 0 radical (unpaired) electrons. The van der Waals surface area contributed by atoms with Crippen molar-refractivity contribution in [2.45, 2.75) is 117 Å². The minimum atomic E-state index is 1.02. The Morgan fingerprint density at radius 3 is 0.861 bits per heavy atom. The second kappa shape index (κ2) is 17.2. The van der Waals surface area contributed by atoms with Gasteiger partial charge in [-0.15, -0.1) is 0 Å². The Hall–Kier alpha value is -2.34. The molecule has 0 amide bonds. The summed E-state index contributed by atoms with van der Waals surface area (Å²) < 4.78 is 0. The molecule has 0 atom stereocenters. The molecule has 0 aliphatic heterocycles. The van der Waals surface area contributed by atoms with Gasteiger partial charge in [0.05, 0.1) is 0 Å². The van der Waals surface area contributed by atoms with E-state index in [9.17, 15) is 0 Å². The van der Waals surface area contributed by atoms with Gasteiger partial charge in [-0.2, -0.15) is 0 Å². The molecule has 194 valence electrons. The molecule has 3 aromatic carbocycles. The number of aryl methyl sites for hydroxylation is 2. The lowest BCUT2D eigenvalue weighted by atomic mass is 9.98. The van der Waals surface area contributed by atoms with Gasteiger partial charge in [0.1, 0.15) is 0 Å². The van der Waals surface area contributed by atoms with Gasteiger partial charge in [-0.3, -0.25) is 0 Å². The van der Waals surface area contributed by atoms with Crippen LogP contribution in [-0.4, -0.2) is 0 Å². The molecule has 0 fully saturated rings. The fraction of sp³-hybridized carbons (Fsp3) is 0.500. The Morgan fingerprint density at radius 1 is 0.306 bits per heavy atom. The van der Waals surface area contributed by atoms with Crippen LogP contribution in [0.25, 0.3) is 0 Å². The highest BCUT2D eigenvalue weighted by molar-refractivity contribution is 5.33. The maximum Gasteiger partial charge on any atom is -0.00258 e. The Kier molecular flexibility index (Phi) is 13.5. The maximum atomic E-state index is 2.34. The minimum absolute atomic E-state index is 1.02. The van der Waals surface area contributed by atoms with Gasteiger partial charge < -0.3 is 0 Å². The third kappa shape index (κ3) is 11.2. The van der Waals surface area contributed by atoms with Crippen molar-refractivity contribution in [2.24, 2.45) is 0 Å². The van der Waals surface area contributed by atoms with Crippen LogP contribution in [0.3, 0.4) is 0 Å². The molecule has 36 heavy (non-hydrogen) atoms. The summed E-state index contributed by atoms with van der Waals surface area (Å²) in [5.41, 5.74) is 8.60. The van der Waals surface area contributed by atoms with Gasteiger partial charge in [-0.1, -0.05) is 151 Å². The van der Waals surface area contributed by atoms with E-state index in [0.717, 1.165) is 12.8 Å². The molecular formula is C36H50. The number of hydrogen-bond donors (Lipinski definition) is 0. The predicted molar refractivity (Wildman–Crippen MR) is 159 cm³/mol. The molecular weight excluding hydrogens is 432 g/mol. The van der Waals surface area contributed by atoms with E-state index in [1.54, 1.807) is 0 Å². The zero-order chi connectivity index (χ0) is 25.3. The first kappa shape index (κ1) is 28.2. The van der Waals surface area contributed by atoms with Crippen molar-refractivity contribution in [1.82, 2.24) is 0 Å². The zero-order valence-corrected chi connectivity index (χ0v) is 23.2. The summed E-state index contributed by atoms with van der Waals surface area (Å²) in [7, 11) is 0. The molecule has 0 aromatic heterocycles. The molecule has 0 saturated heterocycles. The molecule has 0 aliphatic carbocycles. The van der Waals surface area contributed by atoms with E-state index < -0.39 is 0 Å². The van der Waals surface area contributed by atoms with Crippen LogP contribution < -0.4 is 0 Å². The number of benzene rings is 3. The second-order valence-electron chi connectivity index (χ2n) is 10.8. The van der Waals surface area contributed by atoms with Crippen LogP contribution in [0.5, 0.6) is 0 Å². The Balaban J connectivity index is 1.38. The van der Waals surface area contributed by atoms with E-state index in [4.69, 9.17) is 0 Å². The van der Waals surface area contributed by atoms with Crippen LogP contribution in [0.15, 0.2) is 72.8 Å². The van der Waals surface area contributed by atoms with Crippen LogP contribution in [0.4, 0.5) is 0 Å². The predicted octanol–water partition coefficient (Wildman–Crippen LogP) is 10.7. The van der Waals surface area contributed by atoms with E-state index in [1.165, 1.54) is 123 Å². The number of hydrogen-bond acceptors (Lipinski definition) is 0. The van der Waals surface area contributed by atoms with E-state index in [2.05, 4.69) is 86.6 Å². The molecule has 0 spiro atoms. The van der Waals surface area contributed by atoms with E-state index >= 15 is 0 Å². The lowest BCUT2D eigenvalue weighted by molar-refractivity contribution is 0.607.